The summed E-state index contributed by atoms with van der Waals surface area (Å²) < 4.78 is 0. The number of rotatable bonds is 10. The van der Waals surface area contributed by atoms with Crippen LogP contribution >= 0.6 is 36.1 Å². The van der Waals surface area contributed by atoms with Crippen molar-refractivity contribution in [2.45, 2.75) is 175 Å². The van der Waals surface area contributed by atoms with E-state index < -0.39 is 15.8 Å². The monoisotopic (exact) mass is 803 g/mol. The van der Waals surface area contributed by atoms with E-state index in [9.17, 15) is 0 Å². The van der Waals surface area contributed by atoms with E-state index >= 15 is 0 Å². The van der Waals surface area contributed by atoms with Crippen LogP contribution in [-0.2, 0) is 12.9 Å². The molecule has 0 saturated heterocycles. The van der Waals surface area contributed by atoms with Gasteiger partial charge in [0.15, 0.2) is 0 Å². The van der Waals surface area contributed by atoms with Crippen LogP contribution in [0.3, 0.4) is 0 Å². The van der Waals surface area contributed by atoms with Gasteiger partial charge in [-0.15, -0.1) is 13.1 Å². The van der Waals surface area contributed by atoms with Gasteiger partial charge in [-0.1, -0.05) is 0 Å². The van der Waals surface area contributed by atoms with E-state index in [0.29, 0.717) is 12.9 Å². The third-order valence-electron chi connectivity index (χ3n) is 19.8. The standard InChI is InChI=1S/C44H68NP2.2ClH.Co/c1(3-46(41-17-29-5-30(18-41)7-31(6-29)19-41)42-20-32-8-33(21-42)10-34(9-32)22-42)45-2-4-47(43-23-35-11-36(24-43)13-37(12-35)25-43)44-26-38-14-39(27-44)16-40(15-38)28-44;;;/h29-40H,1-28H2;2*1H;/q-1;;;+3. The summed E-state index contributed by atoms with van der Waals surface area (Å²) in [4.78, 5) is 0. The van der Waals surface area contributed by atoms with Crippen LogP contribution in [0.25, 0.3) is 5.32 Å². The average molecular weight is 805 g/mol. The first-order chi connectivity index (χ1) is 24.3. The zero-order valence-electron chi connectivity index (χ0n) is 31.3. The third-order valence-corrected chi connectivity index (χ3v) is 28.8. The summed E-state index contributed by atoms with van der Waals surface area (Å²) in [6.07, 6.45) is 43.2. The Morgan fingerprint density at radius 3 is 0.680 bits per heavy atom. The van der Waals surface area contributed by atoms with Gasteiger partial charge < -0.3 is 5.32 Å². The van der Waals surface area contributed by atoms with Crippen molar-refractivity contribution in [3.8, 4) is 0 Å². The molecule has 16 aliphatic rings. The van der Waals surface area contributed by atoms with Gasteiger partial charge in [0.2, 0.25) is 0 Å². The molecule has 16 bridgehead atoms. The van der Waals surface area contributed by atoms with Crippen LogP contribution in [0.2, 0.25) is 0 Å². The van der Waals surface area contributed by atoms with E-state index in [1.54, 1.807) is 166 Å². The van der Waals surface area contributed by atoms with Crippen molar-refractivity contribution >= 4 is 36.1 Å². The molecule has 16 rings (SSSR count). The van der Waals surface area contributed by atoms with E-state index in [1.807, 2.05) is 0 Å². The van der Waals surface area contributed by atoms with E-state index in [4.69, 9.17) is 25.6 Å². The first-order valence-electron chi connectivity index (χ1n) is 22.5. The molecule has 0 aromatic rings. The first kappa shape index (κ1) is 35.1. The Bertz CT molecular complexity index is 963. The molecule has 0 atom stereocenters. The molecule has 282 valence electrons. The summed E-state index contributed by atoms with van der Waals surface area (Å²) in [7, 11) is 8.68. The van der Waals surface area contributed by atoms with Crippen LogP contribution in [-0.4, -0.2) is 46.0 Å². The first-order valence-corrected chi connectivity index (χ1v) is 28.8. The Balaban J connectivity index is 0.000000969. The predicted octanol–water partition coefficient (Wildman–Crippen LogP) is 13.0. The van der Waals surface area contributed by atoms with E-state index in [-0.39, 0.29) is 0 Å². The molecular formula is C44H70Cl2CoNP2+2. The number of nitrogens with zero attached hydrogens (tertiary/aromatic N) is 1. The summed E-state index contributed by atoms with van der Waals surface area (Å²) in [5, 5.41) is 9.18. The molecule has 6 heteroatoms. The Morgan fingerprint density at radius 1 is 0.360 bits per heavy atom. The Kier molecular flexibility index (Phi) is 9.29. The minimum absolute atomic E-state index is 0.382. The topological polar surface area (TPSA) is 14.1 Å². The van der Waals surface area contributed by atoms with Crippen LogP contribution in [0.1, 0.15) is 154 Å². The quantitative estimate of drug-likeness (QED) is 0.154. The third kappa shape index (κ3) is 5.93. The van der Waals surface area contributed by atoms with Crippen molar-refractivity contribution in [2.24, 2.45) is 71.0 Å². The molecule has 16 fully saturated rings. The normalized spacial score (nSPS) is 56.6. The Morgan fingerprint density at radius 2 is 0.520 bits per heavy atom. The van der Waals surface area contributed by atoms with Crippen molar-refractivity contribution in [1.82, 2.24) is 0 Å². The van der Waals surface area contributed by atoms with Crippen molar-refractivity contribution in [3.05, 3.63) is 5.32 Å². The van der Waals surface area contributed by atoms with Crippen LogP contribution in [0.5, 0.6) is 0 Å². The second-order valence-corrected chi connectivity index (χ2v) is 31.8. The van der Waals surface area contributed by atoms with Crippen molar-refractivity contribution in [2.75, 3.05) is 25.4 Å². The Hall–Kier alpha value is 1.91. The molecule has 0 unspecified atom stereocenters. The molecule has 1 nitrogen and oxygen atoms in total. The van der Waals surface area contributed by atoms with Crippen LogP contribution < -0.4 is 0 Å². The molecule has 0 aromatic carbocycles. The molecule has 0 heterocycles. The van der Waals surface area contributed by atoms with Crippen LogP contribution in [0, 0.1) is 71.0 Å². The van der Waals surface area contributed by atoms with Gasteiger partial charge in [0.25, 0.3) is 0 Å². The van der Waals surface area contributed by atoms with Gasteiger partial charge >= 0.3 is 33.2 Å². The Labute approximate surface area is 323 Å². The second kappa shape index (κ2) is 13.2. The number of halogens is 2. The molecule has 0 aromatic heterocycles. The SMILES string of the molecule is C(C[PH+](C12CC3CC(CC(C3)C1)C2)C12CC3CC(CC(C3)C1)C2)[N-]CC[PH+](C12CC3CC(CC(C3)C1)C2)C12CC3CC(CC(C3)C1)C2.[Cl][Co+][Cl]. The molecule has 50 heavy (non-hydrogen) atoms. The molecular weight excluding hydrogens is 734 g/mol. The summed E-state index contributed by atoms with van der Waals surface area (Å²) in [5.74, 6) is 13.6. The zero-order valence-corrected chi connectivity index (χ0v) is 35.8. The van der Waals surface area contributed by atoms with Gasteiger partial charge in [-0.3, -0.25) is 0 Å². The van der Waals surface area contributed by atoms with Crippen molar-refractivity contribution < 1.29 is 12.9 Å². The average Bonchev–Trinajstić information content (AvgIpc) is 3.02. The van der Waals surface area contributed by atoms with Crippen LogP contribution in [0.4, 0.5) is 0 Å². The molecule has 16 aliphatic carbocycles. The summed E-state index contributed by atoms with van der Waals surface area (Å²) in [6.45, 7) is 2.60. The summed E-state index contributed by atoms with van der Waals surface area (Å²) >= 11 is 0.382. The van der Waals surface area contributed by atoms with Gasteiger partial charge in [-0.2, -0.15) is 0 Å². The van der Waals surface area contributed by atoms with Gasteiger partial charge in [0, 0.05) is 28.2 Å². The van der Waals surface area contributed by atoms with E-state index in [0.717, 1.165) is 91.6 Å². The molecule has 0 spiro atoms. The molecule has 0 radical (unpaired) electrons. The number of hydrogen-bond donors (Lipinski definition) is 0. The van der Waals surface area contributed by atoms with Crippen molar-refractivity contribution in [3.63, 3.8) is 0 Å². The fraction of sp³-hybridized carbons (Fsp3) is 1.00. The molecule has 16 saturated carbocycles. The second-order valence-electron chi connectivity index (χ2n) is 23.0. The summed E-state index contributed by atoms with van der Waals surface area (Å²) in [5.41, 5.74) is 0. The van der Waals surface area contributed by atoms with Crippen LogP contribution in [0.15, 0.2) is 0 Å². The van der Waals surface area contributed by atoms with Gasteiger partial charge in [-0.25, -0.2) is 0 Å². The zero-order chi connectivity index (χ0) is 33.3. The fourth-order valence-electron chi connectivity index (χ4n) is 20.6. The fourth-order valence-corrected chi connectivity index (χ4v) is 32.2. The maximum atomic E-state index is 5.81. The minimum atomic E-state index is -0.391. The molecule has 0 N–H and O–H groups in total. The van der Waals surface area contributed by atoms with Gasteiger partial charge in [0.1, 0.15) is 0 Å². The maximum absolute atomic E-state index is 5.81. The van der Waals surface area contributed by atoms with Gasteiger partial charge in [0.05, 0.1) is 20.6 Å². The van der Waals surface area contributed by atoms with Crippen molar-refractivity contribution in [1.29, 1.82) is 0 Å². The molecule has 0 aliphatic heterocycles. The number of hydrogen-bond acceptors (Lipinski definition) is 0. The van der Waals surface area contributed by atoms with E-state index in [1.165, 1.54) is 13.1 Å². The summed E-state index contributed by atoms with van der Waals surface area (Å²) in [6, 6.07) is 0. The predicted molar refractivity (Wildman–Crippen MR) is 215 cm³/mol. The van der Waals surface area contributed by atoms with E-state index in [2.05, 4.69) is 0 Å². The van der Waals surface area contributed by atoms with Gasteiger partial charge in [-0.05, 0) is 225 Å². The molecule has 0 amide bonds.